The predicted molar refractivity (Wildman–Crippen MR) is 123 cm³/mol. The van der Waals surface area contributed by atoms with Crippen LogP contribution in [0.25, 0.3) is 0 Å². The number of ether oxygens (including phenoxy) is 1. The highest BCUT2D eigenvalue weighted by molar-refractivity contribution is 6.30. The Hall–Kier alpha value is -2.62. The van der Waals surface area contributed by atoms with Gasteiger partial charge in [0.2, 0.25) is 0 Å². The Balaban J connectivity index is 1.92. The highest BCUT2D eigenvalue weighted by Crippen LogP contribution is 2.21. The topological polar surface area (TPSA) is 53.9 Å². The highest BCUT2D eigenvalue weighted by Gasteiger charge is 2.17. The second kappa shape index (κ2) is 10.4. The summed E-state index contributed by atoms with van der Waals surface area (Å²) in [7, 11) is 0. The van der Waals surface area contributed by atoms with Crippen molar-refractivity contribution in [2.24, 2.45) is 4.99 Å². The van der Waals surface area contributed by atoms with Crippen LogP contribution >= 0.6 is 11.6 Å². The first-order valence-corrected chi connectivity index (χ1v) is 10.6. The minimum atomic E-state index is 0.344. The smallest absolute Gasteiger partial charge is 0.252 e. The van der Waals surface area contributed by atoms with E-state index in [0.29, 0.717) is 36.3 Å². The number of aromatic nitrogens is 2. The van der Waals surface area contributed by atoms with Crippen molar-refractivity contribution in [1.82, 2.24) is 14.9 Å². The molecule has 0 aliphatic carbocycles. The lowest BCUT2D eigenvalue weighted by Gasteiger charge is -2.29. The molecule has 0 atom stereocenters. The van der Waals surface area contributed by atoms with Gasteiger partial charge in [-0.1, -0.05) is 23.4 Å². The Morgan fingerprint density at radius 1 is 1.10 bits per heavy atom. The van der Waals surface area contributed by atoms with E-state index in [1.54, 1.807) is 6.20 Å². The number of nitrogens with zero attached hydrogens (tertiary/aromatic N) is 5. The molecule has 1 aliphatic heterocycles. The fourth-order valence-corrected chi connectivity index (χ4v) is 3.31. The molecular weight excluding hydrogens is 398 g/mol. The molecule has 1 fully saturated rings. The van der Waals surface area contributed by atoms with E-state index in [1.807, 2.05) is 30.6 Å². The molecule has 158 valence electrons. The maximum atomic E-state index is 5.96. The normalized spacial score (nSPS) is 14.3. The average molecular weight is 426 g/mol. The molecule has 0 N–H and O–H groups in total. The monoisotopic (exact) mass is 425 g/mol. The van der Waals surface area contributed by atoms with Gasteiger partial charge in [-0.25, -0.2) is 9.98 Å². The number of benzene rings is 1. The molecule has 0 spiro atoms. The summed E-state index contributed by atoms with van der Waals surface area (Å²) in [5.74, 6) is 7.61. The molecule has 0 radical (unpaired) electrons. The Labute approximate surface area is 183 Å². The van der Waals surface area contributed by atoms with Crippen molar-refractivity contribution < 1.29 is 4.74 Å². The van der Waals surface area contributed by atoms with Crippen LogP contribution in [-0.2, 0) is 4.74 Å². The van der Waals surface area contributed by atoms with Crippen molar-refractivity contribution >= 4 is 29.7 Å². The number of aliphatic imine (C=N–C) groups is 1. The number of anilines is 1. The van der Waals surface area contributed by atoms with Gasteiger partial charge in [-0.2, -0.15) is 4.98 Å². The van der Waals surface area contributed by atoms with Gasteiger partial charge in [0.05, 0.1) is 31.3 Å². The van der Waals surface area contributed by atoms with Gasteiger partial charge in [0, 0.05) is 35.8 Å². The summed E-state index contributed by atoms with van der Waals surface area (Å²) in [6, 6.07) is 8.15. The molecule has 0 amide bonds. The van der Waals surface area contributed by atoms with Crippen molar-refractivity contribution in [2.75, 3.05) is 31.2 Å². The van der Waals surface area contributed by atoms with E-state index in [-0.39, 0.29) is 0 Å². The highest BCUT2D eigenvalue weighted by atomic mass is 35.5. The zero-order valence-electron chi connectivity index (χ0n) is 18.0. The zero-order chi connectivity index (χ0) is 21.5. The van der Waals surface area contributed by atoms with Crippen LogP contribution < -0.4 is 4.90 Å². The number of morpholine rings is 1. The van der Waals surface area contributed by atoms with Gasteiger partial charge in [-0.3, -0.25) is 0 Å². The second-order valence-electron chi connectivity index (χ2n) is 7.64. The largest absolute Gasteiger partial charge is 0.378 e. The Bertz CT molecular complexity index is 917. The van der Waals surface area contributed by atoms with Crippen LogP contribution in [0.2, 0.25) is 5.02 Å². The zero-order valence-corrected chi connectivity index (χ0v) is 18.7. The van der Waals surface area contributed by atoms with Gasteiger partial charge >= 0.3 is 0 Å². The van der Waals surface area contributed by atoms with Gasteiger partial charge < -0.3 is 14.5 Å². The molecule has 0 unspecified atom stereocenters. The Morgan fingerprint density at radius 3 is 2.40 bits per heavy atom. The van der Waals surface area contributed by atoms with E-state index in [0.717, 1.165) is 30.0 Å². The summed E-state index contributed by atoms with van der Waals surface area (Å²) in [5.41, 5.74) is 1.66. The van der Waals surface area contributed by atoms with Crippen molar-refractivity contribution in [3.05, 3.63) is 46.6 Å². The summed E-state index contributed by atoms with van der Waals surface area (Å²) in [6.07, 6.45) is 3.58. The van der Waals surface area contributed by atoms with Crippen LogP contribution in [-0.4, -0.2) is 59.6 Å². The van der Waals surface area contributed by atoms with Gasteiger partial charge in [-0.05, 0) is 52.0 Å². The molecule has 0 saturated carbocycles. The van der Waals surface area contributed by atoms with Crippen molar-refractivity contribution in [1.29, 1.82) is 0 Å². The summed E-state index contributed by atoms with van der Waals surface area (Å²) in [5, 5.41) is 0.692. The first-order chi connectivity index (χ1) is 14.4. The molecule has 0 bridgehead atoms. The lowest BCUT2D eigenvalue weighted by Crippen LogP contribution is -2.37. The van der Waals surface area contributed by atoms with Crippen LogP contribution in [0.1, 0.15) is 38.8 Å². The molecule has 3 rings (SSSR count). The van der Waals surface area contributed by atoms with Crippen LogP contribution in [0.3, 0.4) is 0 Å². The van der Waals surface area contributed by atoms with Crippen LogP contribution in [0.4, 0.5) is 11.8 Å². The molecule has 30 heavy (non-hydrogen) atoms. The number of halogens is 1. The maximum absolute atomic E-state index is 5.96. The summed E-state index contributed by atoms with van der Waals surface area (Å²) >= 11 is 5.96. The molecule has 6 nitrogen and oxygen atoms in total. The third-order valence-electron chi connectivity index (χ3n) is 4.75. The third-order valence-corrected chi connectivity index (χ3v) is 5.00. The van der Waals surface area contributed by atoms with Crippen molar-refractivity contribution in [3.63, 3.8) is 0 Å². The fraction of sp³-hybridized carbons (Fsp3) is 0.435. The third kappa shape index (κ3) is 5.94. The van der Waals surface area contributed by atoms with Crippen molar-refractivity contribution in [3.8, 4) is 11.8 Å². The Kier molecular flexibility index (Phi) is 7.67. The molecule has 1 saturated heterocycles. The van der Waals surface area contributed by atoms with E-state index in [1.165, 1.54) is 0 Å². The molecule has 7 heteroatoms. The minimum Gasteiger partial charge on any atom is -0.378 e. The van der Waals surface area contributed by atoms with Gasteiger partial charge in [0.25, 0.3) is 5.95 Å². The standard InChI is InChI=1S/C23H28ClN5O/c1-17(2)29(18(3)4)16-26-23-25-15-20(8-5-19-6-9-21(24)10-7-19)22(27-23)28-11-13-30-14-12-28/h6-7,9-10,15-18H,11-14H2,1-4H3/b26-16+. The van der Waals surface area contributed by atoms with Gasteiger partial charge in [-0.15, -0.1) is 0 Å². The van der Waals surface area contributed by atoms with Crippen LogP contribution in [0.15, 0.2) is 35.5 Å². The quantitative estimate of drug-likeness (QED) is 0.409. The maximum Gasteiger partial charge on any atom is 0.252 e. The van der Waals surface area contributed by atoms with E-state index < -0.39 is 0 Å². The first kappa shape index (κ1) is 22.1. The van der Waals surface area contributed by atoms with Crippen LogP contribution in [0.5, 0.6) is 0 Å². The lowest BCUT2D eigenvalue weighted by molar-refractivity contribution is 0.122. The molecule has 2 heterocycles. The molecule has 1 aromatic heterocycles. The number of rotatable bonds is 5. The SMILES string of the molecule is CC(C)N(/C=N/c1ncc(C#Cc2ccc(Cl)cc2)c(N2CCOCC2)n1)C(C)C. The van der Waals surface area contributed by atoms with Crippen LogP contribution in [0, 0.1) is 11.8 Å². The van der Waals surface area contributed by atoms with E-state index >= 15 is 0 Å². The molecule has 1 aliphatic rings. The summed E-state index contributed by atoms with van der Waals surface area (Å²) < 4.78 is 5.49. The van der Waals surface area contributed by atoms with E-state index in [2.05, 4.69) is 59.3 Å². The number of hydrogen-bond acceptors (Lipinski definition) is 5. The fourth-order valence-electron chi connectivity index (χ4n) is 3.18. The molecule has 2 aromatic rings. The predicted octanol–water partition coefficient (Wildman–Crippen LogP) is 4.15. The molecule has 1 aromatic carbocycles. The van der Waals surface area contributed by atoms with E-state index in [4.69, 9.17) is 21.3 Å². The number of hydrogen-bond donors (Lipinski definition) is 0. The van der Waals surface area contributed by atoms with Crippen molar-refractivity contribution in [2.45, 2.75) is 39.8 Å². The van der Waals surface area contributed by atoms with Gasteiger partial charge in [0.1, 0.15) is 5.82 Å². The van der Waals surface area contributed by atoms with Gasteiger partial charge in [0.15, 0.2) is 0 Å². The summed E-state index contributed by atoms with van der Waals surface area (Å²) in [6.45, 7) is 11.4. The summed E-state index contributed by atoms with van der Waals surface area (Å²) in [4.78, 5) is 18.0. The Morgan fingerprint density at radius 2 is 1.77 bits per heavy atom. The van der Waals surface area contributed by atoms with E-state index in [9.17, 15) is 0 Å². The lowest BCUT2D eigenvalue weighted by atomic mass is 10.2. The average Bonchev–Trinajstić information content (AvgIpc) is 2.74. The minimum absolute atomic E-state index is 0.344. The molecular formula is C23H28ClN5O. The second-order valence-corrected chi connectivity index (χ2v) is 8.08. The first-order valence-electron chi connectivity index (χ1n) is 10.2.